The van der Waals surface area contributed by atoms with Crippen LogP contribution in [0.3, 0.4) is 0 Å². The van der Waals surface area contributed by atoms with Gasteiger partial charge in [-0.2, -0.15) is 0 Å². The van der Waals surface area contributed by atoms with Crippen LogP contribution in [-0.4, -0.2) is 93.2 Å². The maximum atomic E-state index is 13.7. The second-order valence-corrected chi connectivity index (χ2v) is 17.5. The molecule has 0 radical (unpaired) electrons. The number of nitrogens with one attached hydrogen (secondary N) is 2. The van der Waals surface area contributed by atoms with Crippen molar-refractivity contribution in [3.8, 4) is 0 Å². The first-order valence-corrected chi connectivity index (χ1v) is 20.0. The van der Waals surface area contributed by atoms with Gasteiger partial charge in [0.15, 0.2) is 0 Å². The highest BCUT2D eigenvalue weighted by Crippen LogP contribution is 2.34. The number of carbonyl (C=O) groups is 5. The van der Waals surface area contributed by atoms with E-state index < -0.39 is 59.9 Å². The molecule has 288 valence electrons. The van der Waals surface area contributed by atoms with Gasteiger partial charge in [-0.05, 0) is 76.2 Å². The molecule has 3 amide bonds. The van der Waals surface area contributed by atoms with Crippen LogP contribution in [0.4, 0.5) is 0 Å². The number of hydrogen-bond acceptors (Lipinski definition) is 9. The van der Waals surface area contributed by atoms with E-state index in [9.17, 15) is 29.1 Å². The van der Waals surface area contributed by atoms with E-state index in [1.165, 1.54) is 4.90 Å². The molecule has 1 aromatic rings. The number of rotatable bonds is 2. The number of benzene rings is 1. The Bertz CT molecular complexity index is 1470. The topological polar surface area (TPSA) is 154 Å². The zero-order chi connectivity index (χ0) is 38.3. The molecule has 0 saturated carbocycles. The van der Waals surface area contributed by atoms with Crippen LogP contribution in [0, 0.1) is 30.1 Å². The van der Waals surface area contributed by atoms with Crippen molar-refractivity contribution in [1.82, 2.24) is 15.5 Å². The minimum atomic E-state index is -0.970. The van der Waals surface area contributed by atoms with E-state index in [1.807, 2.05) is 58.9 Å². The van der Waals surface area contributed by atoms with E-state index in [-0.39, 0.29) is 41.9 Å². The molecule has 12 heteroatoms. The molecule has 4 rings (SSSR count). The molecule has 3 heterocycles. The highest BCUT2D eigenvalue weighted by atomic mass is 32.2. The summed E-state index contributed by atoms with van der Waals surface area (Å²) in [6, 6.07) is 5.07. The van der Waals surface area contributed by atoms with E-state index in [0.29, 0.717) is 45.1 Å². The first kappa shape index (κ1) is 41.5. The van der Waals surface area contributed by atoms with Crippen molar-refractivity contribution in [2.45, 2.75) is 143 Å². The number of Topliss-reactive ketones (excluding diaryl/α,β-unsaturated/α-hetero) is 1. The van der Waals surface area contributed by atoms with Gasteiger partial charge in [-0.15, -0.1) is 11.8 Å². The Morgan fingerprint density at radius 1 is 0.942 bits per heavy atom. The van der Waals surface area contributed by atoms with Gasteiger partial charge < -0.3 is 25.4 Å². The van der Waals surface area contributed by atoms with Crippen molar-refractivity contribution in [1.29, 1.82) is 0 Å². The Morgan fingerprint density at radius 3 is 2.29 bits per heavy atom. The third-order valence-electron chi connectivity index (χ3n) is 10.7. The number of amides is 3. The number of thioether (sulfide) groups is 1. The third-order valence-corrected chi connectivity index (χ3v) is 12.0. The van der Waals surface area contributed by atoms with Crippen molar-refractivity contribution in [3.05, 3.63) is 35.4 Å². The average molecular weight is 741 g/mol. The molecule has 2 bridgehead atoms. The molecule has 0 unspecified atom stereocenters. The molecule has 3 aliphatic heterocycles. The summed E-state index contributed by atoms with van der Waals surface area (Å²) in [5.41, 5.74) is 1.61. The molecule has 9 atom stereocenters. The fraction of sp³-hybridized carbons (Fsp3) is 0.700. The second-order valence-electron chi connectivity index (χ2n) is 16.5. The van der Waals surface area contributed by atoms with Crippen LogP contribution in [0.15, 0.2) is 29.3 Å². The Hall–Kier alpha value is -3.25. The van der Waals surface area contributed by atoms with E-state index in [1.54, 1.807) is 25.6 Å². The number of esters is 1. The van der Waals surface area contributed by atoms with Gasteiger partial charge in [0.2, 0.25) is 17.7 Å². The lowest BCUT2D eigenvalue weighted by Crippen LogP contribution is -2.55. The number of hydrogen-bond donors (Lipinski definition) is 3. The van der Waals surface area contributed by atoms with Crippen molar-refractivity contribution >= 4 is 46.3 Å². The van der Waals surface area contributed by atoms with Crippen LogP contribution in [0.1, 0.15) is 105 Å². The maximum Gasteiger partial charge on any atom is 0.329 e. The number of aliphatic hydroxyl groups is 1. The van der Waals surface area contributed by atoms with Crippen LogP contribution in [0.25, 0.3) is 0 Å². The minimum absolute atomic E-state index is 0.0222. The van der Waals surface area contributed by atoms with Crippen LogP contribution in [0.2, 0.25) is 0 Å². The largest absolute Gasteiger partial charge is 0.460 e. The molecule has 1 fully saturated rings. The van der Waals surface area contributed by atoms with Crippen LogP contribution in [0.5, 0.6) is 0 Å². The van der Waals surface area contributed by atoms with Gasteiger partial charge in [0.05, 0.1) is 17.2 Å². The Morgan fingerprint density at radius 2 is 1.62 bits per heavy atom. The molecule has 0 spiro atoms. The molecule has 0 aromatic heterocycles. The summed E-state index contributed by atoms with van der Waals surface area (Å²) in [6.45, 7) is 15.5. The Labute approximate surface area is 313 Å². The fourth-order valence-corrected chi connectivity index (χ4v) is 8.41. The highest BCUT2D eigenvalue weighted by molar-refractivity contribution is 8.14. The van der Waals surface area contributed by atoms with Gasteiger partial charge in [0.25, 0.3) is 0 Å². The molecule has 3 N–H and O–H groups in total. The summed E-state index contributed by atoms with van der Waals surface area (Å²) >= 11 is 1.62. The molecular formula is C40H60N4O7S. The van der Waals surface area contributed by atoms with E-state index in [2.05, 4.69) is 17.6 Å². The fourth-order valence-electron chi connectivity index (χ4n) is 7.16. The smallest absolute Gasteiger partial charge is 0.329 e. The zero-order valence-corrected chi connectivity index (χ0v) is 33.1. The lowest BCUT2D eigenvalue weighted by atomic mass is 9.81. The third kappa shape index (κ3) is 11.4. The average Bonchev–Trinajstić information content (AvgIpc) is 3.76. The van der Waals surface area contributed by atoms with E-state index in [0.717, 1.165) is 21.9 Å². The predicted octanol–water partition coefficient (Wildman–Crippen LogP) is 4.79. The molecule has 1 saturated heterocycles. The second kappa shape index (κ2) is 18.2. The van der Waals surface area contributed by atoms with Crippen LogP contribution < -0.4 is 10.6 Å². The minimum Gasteiger partial charge on any atom is -0.460 e. The number of aliphatic hydroxyl groups excluding tert-OH is 1. The summed E-state index contributed by atoms with van der Waals surface area (Å²) in [5.74, 6) is -1.96. The number of cyclic esters (lactones) is 1. The lowest BCUT2D eigenvalue weighted by molar-refractivity contribution is -0.164. The quantitative estimate of drug-likeness (QED) is 0.366. The number of fused-ring (bicyclic) bond motifs is 2. The van der Waals surface area contributed by atoms with Crippen molar-refractivity contribution in [3.63, 3.8) is 0 Å². The summed E-state index contributed by atoms with van der Waals surface area (Å²) in [4.78, 5) is 74.0. The van der Waals surface area contributed by atoms with E-state index in [4.69, 9.17) is 9.73 Å². The SMILES string of the molecule is Cc1ccc(C[C@@H]2CC(=O)CC[C@@H]3CSC(=N3)[C@@H](C)[C@@H](O)C[C@H](C)C[C@@H](C(C)(C)C)OC(=O)[C@@H]3CCCN3C(=O)[C@H](C)NC(=O)[C@H](C)NC2=O)cc1. The molecule has 52 heavy (non-hydrogen) atoms. The molecule has 0 aliphatic carbocycles. The number of nitrogens with zero attached hydrogens (tertiary/aromatic N) is 2. The molecule has 11 nitrogen and oxygen atoms in total. The van der Waals surface area contributed by atoms with Gasteiger partial charge in [0, 0.05) is 37.0 Å². The number of carbonyl (C=O) groups excluding carboxylic acids is 5. The molecule has 3 aliphatic rings. The number of ketones is 1. The monoisotopic (exact) mass is 740 g/mol. The van der Waals surface area contributed by atoms with Gasteiger partial charge in [-0.25, -0.2) is 4.79 Å². The maximum absolute atomic E-state index is 13.7. The van der Waals surface area contributed by atoms with Gasteiger partial charge in [-0.3, -0.25) is 24.2 Å². The Balaban J connectivity index is 1.57. The highest BCUT2D eigenvalue weighted by Gasteiger charge is 2.41. The van der Waals surface area contributed by atoms with Gasteiger partial charge >= 0.3 is 5.97 Å². The number of ether oxygens (including phenoxy) is 1. The first-order valence-electron chi connectivity index (χ1n) is 19.0. The summed E-state index contributed by atoms with van der Waals surface area (Å²) in [6.07, 6.45) is 2.23. The summed E-state index contributed by atoms with van der Waals surface area (Å²) < 4.78 is 6.16. The predicted molar refractivity (Wildman–Crippen MR) is 204 cm³/mol. The van der Waals surface area contributed by atoms with Crippen molar-refractivity contribution in [2.24, 2.45) is 28.2 Å². The normalized spacial score (nSPS) is 32.6. The zero-order valence-electron chi connectivity index (χ0n) is 32.3. The van der Waals surface area contributed by atoms with Crippen LogP contribution in [-0.2, 0) is 35.1 Å². The standard InChI is InChI=1S/C40H60N4O7S/c1-23-11-13-28(14-12-23)20-29-21-31(45)16-15-30-22-52-37(43-30)25(3)33(46)18-24(2)19-34(40(6,7)8)51-39(50)32-10-9-17-44(32)38(49)27(5)42-35(47)26(4)41-36(29)48/h11-14,24-27,29-30,32-34,46H,9-10,15-22H2,1-8H3,(H,41,48)(H,42,47)/t24-,25-,26-,27-,29+,30+,32-,33-,34-/m0/s1. The van der Waals surface area contributed by atoms with E-state index >= 15 is 0 Å². The molecular weight excluding hydrogens is 681 g/mol. The van der Waals surface area contributed by atoms with Gasteiger partial charge in [0.1, 0.15) is 30.0 Å². The number of aryl methyl sites for hydroxylation is 1. The van der Waals surface area contributed by atoms with Crippen LogP contribution >= 0.6 is 11.8 Å². The Kier molecular flexibility index (Phi) is 14.5. The van der Waals surface area contributed by atoms with Crippen molar-refractivity contribution < 1.29 is 33.8 Å². The number of aliphatic imine (C=N–C) groups is 1. The molecule has 1 aromatic carbocycles. The first-order chi connectivity index (χ1) is 24.4. The lowest BCUT2D eigenvalue weighted by Gasteiger charge is -2.35. The van der Waals surface area contributed by atoms with Crippen molar-refractivity contribution in [2.75, 3.05) is 12.3 Å². The summed E-state index contributed by atoms with van der Waals surface area (Å²) in [7, 11) is 0. The van der Waals surface area contributed by atoms with Gasteiger partial charge in [-0.1, -0.05) is 64.4 Å². The summed E-state index contributed by atoms with van der Waals surface area (Å²) in [5, 5.41) is 17.7.